The lowest BCUT2D eigenvalue weighted by Crippen LogP contribution is -2.40. The molecule has 2 aromatic carbocycles. The van der Waals surface area contributed by atoms with Crippen molar-refractivity contribution in [3.05, 3.63) is 71.3 Å². The molecule has 1 aliphatic rings. The maximum Gasteiger partial charge on any atom is 0.230 e. The fourth-order valence-corrected chi connectivity index (χ4v) is 5.18. The van der Waals surface area contributed by atoms with E-state index < -0.39 is 10.0 Å². The van der Waals surface area contributed by atoms with E-state index in [1.54, 1.807) is 0 Å². The van der Waals surface area contributed by atoms with Gasteiger partial charge in [0.2, 0.25) is 15.9 Å². The summed E-state index contributed by atoms with van der Waals surface area (Å²) in [6, 6.07) is 17.9. The van der Waals surface area contributed by atoms with E-state index in [1.165, 1.54) is 27.2 Å². The summed E-state index contributed by atoms with van der Waals surface area (Å²) < 4.78 is 26.6. The molecule has 0 spiro atoms. The molecule has 27 heavy (non-hydrogen) atoms. The van der Waals surface area contributed by atoms with Gasteiger partial charge in [-0.05, 0) is 23.1 Å². The second kappa shape index (κ2) is 9.39. The Balaban J connectivity index is 1.39. The molecule has 0 bridgehead atoms. The number of thioether (sulfide) groups is 1. The molecule has 2 aromatic rings. The van der Waals surface area contributed by atoms with E-state index in [9.17, 15) is 13.2 Å². The van der Waals surface area contributed by atoms with E-state index in [4.69, 9.17) is 0 Å². The molecule has 1 N–H and O–H groups in total. The number of nitrogens with one attached hydrogen (secondary N) is 1. The molecule has 0 saturated carbocycles. The Kier molecular flexibility index (Phi) is 6.93. The second-order valence-corrected chi connectivity index (χ2v) is 9.57. The molecule has 5 nitrogen and oxygen atoms in total. The van der Waals surface area contributed by atoms with Crippen LogP contribution in [-0.2, 0) is 33.5 Å². The predicted molar refractivity (Wildman–Crippen MR) is 110 cm³/mol. The van der Waals surface area contributed by atoms with E-state index in [-0.39, 0.29) is 18.2 Å². The second-order valence-electron chi connectivity index (χ2n) is 6.50. The molecule has 0 radical (unpaired) electrons. The molecule has 0 unspecified atom stereocenters. The first kappa shape index (κ1) is 19.9. The highest BCUT2D eigenvalue weighted by molar-refractivity contribution is 7.99. The lowest BCUT2D eigenvalue weighted by Gasteiger charge is -2.28. The van der Waals surface area contributed by atoms with Gasteiger partial charge in [0, 0.05) is 25.4 Å². The van der Waals surface area contributed by atoms with E-state index in [0.29, 0.717) is 18.8 Å². The predicted octanol–water partition coefficient (Wildman–Crippen LogP) is 2.42. The van der Waals surface area contributed by atoms with Crippen LogP contribution in [0.25, 0.3) is 0 Å². The number of hydrogen-bond acceptors (Lipinski definition) is 4. The normalized spacial score (nSPS) is 14.5. The van der Waals surface area contributed by atoms with Gasteiger partial charge in [-0.2, -0.15) is 4.31 Å². The number of rotatable bonds is 8. The molecule has 0 fully saturated rings. The van der Waals surface area contributed by atoms with E-state index in [2.05, 4.69) is 5.32 Å². The third-order valence-electron chi connectivity index (χ3n) is 4.52. The third kappa shape index (κ3) is 5.82. The molecular formula is C20H24N2O3S2. The average Bonchev–Trinajstić information content (AvgIpc) is 2.68. The lowest BCUT2D eigenvalue weighted by molar-refractivity contribution is -0.118. The third-order valence-corrected chi connectivity index (χ3v) is 7.34. The van der Waals surface area contributed by atoms with Crippen LogP contribution in [0.4, 0.5) is 0 Å². The maximum absolute atomic E-state index is 12.5. The van der Waals surface area contributed by atoms with Crippen LogP contribution in [0.3, 0.4) is 0 Å². The van der Waals surface area contributed by atoms with Gasteiger partial charge >= 0.3 is 0 Å². The van der Waals surface area contributed by atoms with Crippen LogP contribution in [0.1, 0.15) is 16.7 Å². The summed E-state index contributed by atoms with van der Waals surface area (Å²) in [5, 5.41) is 2.72. The van der Waals surface area contributed by atoms with Crippen LogP contribution in [0.15, 0.2) is 54.6 Å². The molecular weight excluding hydrogens is 380 g/mol. The minimum absolute atomic E-state index is 0.0652. The Bertz CT molecular complexity index is 870. The smallest absolute Gasteiger partial charge is 0.230 e. The van der Waals surface area contributed by atoms with Gasteiger partial charge in [0.05, 0.1) is 11.5 Å². The standard InChI is InChI=1S/C20H24N2O3S2/c23-20(16-26-15-17-6-2-1-3-7-17)21-11-13-27(24,25)22-12-10-18-8-4-5-9-19(18)14-22/h1-9H,10-16H2,(H,21,23). The van der Waals surface area contributed by atoms with Gasteiger partial charge in [-0.3, -0.25) is 4.79 Å². The van der Waals surface area contributed by atoms with Gasteiger partial charge in [0.15, 0.2) is 0 Å². The van der Waals surface area contributed by atoms with Gasteiger partial charge in [0.1, 0.15) is 0 Å². The molecule has 0 aromatic heterocycles. The monoisotopic (exact) mass is 404 g/mol. The fraction of sp³-hybridized carbons (Fsp3) is 0.350. The Hall–Kier alpha value is -1.83. The van der Waals surface area contributed by atoms with Crippen molar-refractivity contribution in [2.24, 2.45) is 0 Å². The zero-order chi connectivity index (χ0) is 19.1. The first-order valence-corrected chi connectivity index (χ1v) is 11.7. The number of benzene rings is 2. The zero-order valence-corrected chi connectivity index (χ0v) is 16.8. The van der Waals surface area contributed by atoms with Gasteiger partial charge < -0.3 is 5.32 Å². The highest BCUT2D eigenvalue weighted by atomic mass is 32.2. The van der Waals surface area contributed by atoms with E-state index in [1.807, 2.05) is 54.6 Å². The van der Waals surface area contributed by atoms with Crippen LogP contribution in [0.2, 0.25) is 0 Å². The lowest BCUT2D eigenvalue weighted by atomic mass is 10.0. The highest BCUT2D eigenvalue weighted by Gasteiger charge is 2.26. The first-order valence-electron chi connectivity index (χ1n) is 8.97. The minimum atomic E-state index is -3.37. The summed E-state index contributed by atoms with van der Waals surface area (Å²) >= 11 is 1.52. The number of carbonyl (C=O) groups excluding carboxylic acids is 1. The maximum atomic E-state index is 12.5. The van der Waals surface area contributed by atoms with E-state index >= 15 is 0 Å². The van der Waals surface area contributed by atoms with Crippen molar-refractivity contribution in [1.29, 1.82) is 0 Å². The first-order chi connectivity index (χ1) is 13.0. The molecule has 1 heterocycles. The quantitative estimate of drug-likeness (QED) is 0.734. The van der Waals surface area contributed by atoms with Crippen LogP contribution in [0, 0.1) is 0 Å². The fourth-order valence-electron chi connectivity index (χ4n) is 3.04. The SMILES string of the molecule is O=C(CSCc1ccccc1)NCCS(=O)(=O)N1CCc2ccccc2C1. The number of nitrogens with zero attached hydrogens (tertiary/aromatic N) is 1. The number of carbonyl (C=O) groups is 1. The van der Waals surface area contributed by atoms with Crippen molar-refractivity contribution >= 4 is 27.7 Å². The van der Waals surface area contributed by atoms with E-state index in [0.717, 1.165) is 17.7 Å². The van der Waals surface area contributed by atoms with Gasteiger partial charge in [-0.1, -0.05) is 54.6 Å². The molecule has 0 atom stereocenters. The van der Waals surface area contributed by atoms with Crippen molar-refractivity contribution in [3.63, 3.8) is 0 Å². The molecule has 3 rings (SSSR count). The number of fused-ring (bicyclic) bond motifs is 1. The number of amides is 1. The molecule has 1 aliphatic heterocycles. The Labute approximate surface area is 165 Å². The minimum Gasteiger partial charge on any atom is -0.354 e. The largest absolute Gasteiger partial charge is 0.354 e. The summed E-state index contributed by atoms with van der Waals surface area (Å²) in [5.74, 6) is 0.894. The number of sulfonamides is 1. The van der Waals surface area contributed by atoms with Crippen molar-refractivity contribution in [1.82, 2.24) is 9.62 Å². The van der Waals surface area contributed by atoms with Crippen molar-refractivity contribution in [3.8, 4) is 0 Å². The molecule has 144 valence electrons. The van der Waals surface area contributed by atoms with Gasteiger partial charge in [-0.25, -0.2) is 8.42 Å². The van der Waals surface area contributed by atoms with Gasteiger partial charge in [0.25, 0.3) is 0 Å². The Morgan fingerprint density at radius 3 is 2.52 bits per heavy atom. The summed E-state index contributed by atoms with van der Waals surface area (Å²) in [4.78, 5) is 11.9. The number of hydrogen-bond donors (Lipinski definition) is 1. The summed E-state index contributed by atoms with van der Waals surface area (Å²) in [7, 11) is -3.37. The summed E-state index contributed by atoms with van der Waals surface area (Å²) in [6.45, 7) is 1.06. The summed E-state index contributed by atoms with van der Waals surface area (Å²) in [5.41, 5.74) is 3.45. The molecule has 1 amide bonds. The average molecular weight is 405 g/mol. The zero-order valence-electron chi connectivity index (χ0n) is 15.1. The van der Waals surface area contributed by atoms with Crippen LogP contribution >= 0.6 is 11.8 Å². The summed E-state index contributed by atoms with van der Waals surface area (Å²) in [6.07, 6.45) is 0.734. The molecule has 0 aliphatic carbocycles. The van der Waals surface area contributed by atoms with Crippen LogP contribution in [-0.4, -0.2) is 43.2 Å². The van der Waals surface area contributed by atoms with Gasteiger partial charge in [-0.15, -0.1) is 11.8 Å². The molecule has 7 heteroatoms. The Morgan fingerprint density at radius 2 is 1.74 bits per heavy atom. The van der Waals surface area contributed by atoms with Crippen molar-refractivity contribution in [2.45, 2.75) is 18.7 Å². The van der Waals surface area contributed by atoms with Crippen LogP contribution in [0.5, 0.6) is 0 Å². The Morgan fingerprint density at radius 1 is 1.04 bits per heavy atom. The van der Waals surface area contributed by atoms with Crippen molar-refractivity contribution in [2.75, 3.05) is 24.6 Å². The molecule has 0 saturated heterocycles. The highest BCUT2D eigenvalue weighted by Crippen LogP contribution is 2.20. The van der Waals surface area contributed by atoms with Crippen LogP contribution < -0.4 is 5.32 Å². The van der Waals surface area contributed by atoms with Crippen molar-refractivity contribution < 1.29 is 13.2 Å². The topological polar surface area (TPSA) is 66.5 Å².